The third-order valence-electron chi connectivity index (χ3n) is 10.2. The minimum absolute atomic E-state index is 1.20. The largest absolute Gasteiger partial charge is 0.0622 e. The molecule has 0 aliphatic heterocycles. The fourth-order valence-electron chi connectivity index (χ4n) is 7.69. The zero-order chi connectivity index (χ0) is 36.7. The Balaban J connectivity index is 1.28. The molecule has 0 unspecified atom stereocenters. The van der Waals surface area contributed by atoms with Gasteiger partial charge >= 0.3 is 0 Å². The molecule has 0 spiro atoms. The first-order valence-electron chi connectivity index (χ1n) is 18.7. The maximum atomic E-state index is 2.37. The fraction of sp³-hybridized carbons (Fsp3) is 0.0370. The van der Waals surface area contributed by atoms with E-state index < -0.39 is 0 Å². The van der Waals surface area contributed by atoms with Gasteiger partial charge in [0.05, 0.1) is 0 Å². The molecule has 0 radical (unpaired) electrons. The first kappa shape index (κ1) is 34.3. The Morgan fingerprint density at radius 1 is 0.222 bits per heavy atom. The molecule has 0 heterocycles. The smallest absolute Gasteiger partial charge is 0.00267 e. The molecule has 0 amide bonds. The summed E-state index contributed by atoms with van der Waals surface area (Å²) < 4.78 is 0. The van der Waals surface area contributed by atoms with E-state index in [1.54, 1.807) is 0 Å². The number of rotatable bonds is 9. The molecule has 0 aromatic heterocycles. The second-order valence-corrected chi connectivity index (χ2v) is 13.8. The number of hydrogen-bond donors (Lipinski definition) is 0. The Hall–Kier alpha value is -6.76. The highest BCUT2D eigenvalue weighted by Gasteiger charge is 2.19. The lowest BCUT2D eigenvalue weighted by molar-refractivity contribution is 1.38. The maximum absolute atomic E-state index is 2.37. The van der Waals surface area contributed by atoms with Crippen LogP contribution in [-0.2, 0) is 0 Å². The highest BCUT2D eigenvalue weighted by Crippen LogP contribution is 2.41. The SMILES string of the molecule is Cc1cc(C(=C(c2ccccc2)c2ccccc2)c2ccccc2)ccc1-c1ccc(C(=C(c2ccccc2)c2ccccc2)c2ccccc2)cc1C. The van der Waals surface area contributed by atoms with E-state index >= 15 is 0 Å². The predicted octanol–water partition coefficient (Wildman–Crippen LogP) is 14.0. The molecule has 8 rings (SSSR count). The van der Waals surface area contributed by atoms with Gasteiger partial charge in [-0.05, 0) is 103 Å². The van der Waals surface area contributed by atoms with Crippen LogP contribution in [0.15, 0.2) is 218 Å². The van der Waals surface area contributed by atoms with Gasteiger partial charge in [-0.1, -0.05) is 218 Å². The van der Waals surface area contributed by atoms with Crippen molar-refractivity contribution < 1.29 is 0 Å². The first-order chi connectivity index (χ1) is 26.7. The monoisotopic (exact) mass is 690 g/mol. The summed E-state index contributed by atoms with van der Waals surface area (Å²) in [5, 5.41) is 0. The van der Waals surface area contributed by atoms with E-state index in [2.05, 4.69) is 232 Å². The van der Waals surface area contributed by atoms with Crippen LogP contribution in [0.25, 0.3) is 33.4 Å². The maximum Gasteiger partial charge on any atom is -0.00267 e. The Morgan fingerprint density at radius 2 is 0.426 bits per heavy atom. The van der Waals surface area contributed by atoms with Crippen molar-refractivity contribution in [2.45, 2.75) is 13.8 Å². The molecule has 258 valence electrons. The molecule has 0 saturated heterocycles. The van der Waals surface area contributed by atoms with Gasteiger partial charge in [-0.25, -0.2) is 0 Å². The summed E-state index contributed by atoms with van der Waals surface area (Å²) in [7, 11) is 0. The van der Waals surface area contributed by atoms with Crippen LogP contribution in [0.2, 0.25) is 0 Å². The van der Waals surface area contributed by atoms with Gasteiger partial charge in [0.2, 0.25) is 0 Å². The molecule has 8 aromatic rings. The van der Waals surface area contributed by atoms with Gasteiger partial charge in [-0.2, -0.15) is 0 Å². The first-order valence-corrected chi connectivity index (χ1v) is 18.7. The van der Waals surface area contributed by atoms with Crippen molar-refractivity contribution in [2.24, 2.45) is 0 Å². The summed E-state index contributed by atoms with van der Waals surface area (Å²) in [5.41, 5.74) is 19.4. The lowest BCUT2D eigenvalue weighted by Crippen LogP contribution is -1.99. The van der Waals surface area contributed by atoms with Crippen LogP contribution in [0.1, 0.15) is 55.6 Å². The predicted molar refractivity (Wildman–Crippen MR) is 230 cm³/mol. The summed E-state index contributed by atoms with van der Waals surface area (Å²) in [6.45, 7) is 4.50. The van der Waals surface area contributed by atoms with Crippen molar-refractivity contribution in [3.8, 4) is 11.1 Å². The summed E-state index contributed by atoms with van der Waals surface area (Å²) in [5.74, 6) is 0. The van der Waals surface area contributed by atoms with Crippen LogP contribution in [0.4, 0.5) is 0 Å². The molecule has 54 heavy (non-hydrogen) atoms. The molecule has 0 bridgehead atoms. The van der Waals surface area contributed by atoms with Crippen LogP contribution in [0.5, 0.6) is 0 Å². The molecule has 0 atom stereocenters. The Morgan fingerprint density at radius 3 is 0.630 bits per heavy atom. The van der Waals surface area contributed by atoms with Crippen LogP contribution >= 0.6 is 0 Å². The molecular weight excluding hydrogens is 649 g/mol. The van der Waals surface area contributed by atoms with Crippen LogP contribution in [0.3, 0.4) is 0 Å². The van der Waals surface area contributed by atoms with Gasteiger partial charge in [-0.15, -0.1) is 0 Å². The highest BCUT2D eigenvalue weighted by atomic mass is 14.2. The van der Waals surface area contributed by atoms with Crippen molar-refractivity contribution in [3.63, 3.8) is 0 Å². The van der Waals surface area contributed by atoms with Gasteiger partial charge < -0.3 is 0 Å². The molecular formula is C54H42. The van der Waals surface area contributed by atoms with E-state index in [4.69, 9.17) is 0 Å². The second kappa shape index (κ2) is 15.9. The van der Waals surface area contributed by atoms with Gasteiger partial charge in [-0.3, -0.25) is 0 Å². The van der Waals surface area contributed by atoms with Crippen LogP contribution in [0, 0.1) is 13.8 Å². The lowest BCUT2D eigenvalue weighted by atomic mass is 9.83. The highest BCUT2D eigenvalue weighted by molar-refractivity contribution is 6.06. The van der Waals surface area contributed by atoms with Crippen LogP contribution < -0.4 is 0 Å². The summed E-state index contributed by atoms with van der Waals surface area (Å²) >= 11 is 0. The summed E-state index contributed by atoms with van der Waals surface area (Å²) in [4.78, 5) is 0. The molecule has 0 aliphatic rings. The average Bonchev–Trinajstić information content (AvgIpc) is 3.24. The minimum atomic E-state index is 1.20. The zero-order valence-corrected chi connectivity index (χ0v) is 30.8. The van der Waals surface area contributed by atoms with Gasteiger partial charge in [0.25, 0.3) is 0 Å². The summed E-state index contributed by atoms with van der Waals surface area (Å²) in [6.07, 6.45) is 0. The van der Waals surface area contributed by atoms with E-state index in [1.807, 2.05) is 0 Å². The van der Waals surface area contributed by atoms with E-state index in [0.29, 0.717) is 0 Å². The fourth-order valence-corrected chi connectivity index (χ4v) is 7.69. The number of aryl methyl sites for hydroxylation is 2. The zero-order valence-electron chi connectivity index (χ0n) is 30.8. The molecule has 0 saturated carbocycles. The van der Waals surface area contributed by atoms with Crippen molar-refractivity contribution in [1.82, 2.24) is 0 Å². The van der Waals surface area contributed by atoms with Crippen molar-refractivity contribution >= 4 is 22.3 Å². The number of benzene rings is 8. The van der Waals surface area contributed by atoms with Crippen molar-refractivity contribution in [3.05, 3.63) is 274 Å². The third-order valence-corrected chi connectivity index (χ3v) is 10.2. The molecule has 0 nitrogen and oxygen atoms in total. The van der Waals surface area contributed by atoms with Crippen molar-refractivity contribution in [2.75, 3.05) is 0 Å². The molecule has 0 fully saturated rings. The molecule has 0 N–H and O–H groups in total. The van der Waals surface area contributed by atoms with E-state index in [1.165, 1.54) is 89.1 Å². The molecule has 8 aromatic carbocycles. The molecule has 0 heteroatoms. The quantitative estimate of drug-likeness (QED) is 0.132. The van der Waals surface area contributed by atoms with Crippen molar-refractivity contribution in [1.29, 1.82) is 0 Å². The Kier molecular flexibility index (Phi) is 10.1. The van der Waals surface area contributed by atoms with E-state index in [9.17, 15) is 0 Å². The van der Waals surface area contributed by atoms with Gasteiger partial charge in [0, 0.05) is 0 Å². The van der Waals surface area contributed by atoms with Gasteiger partial charge in [0.15, 0.2) is 0 Å². The standard InChI is InChI=1S/C54H42/c1-39-37-47(53(45-29-17-7-18-30-45)51(41-21-9-3-10-22-41)42-23-11-4-12-24-42)33-35-49(39)50-36-34-48(38-40(50)2)54(46-31-19-8-20-32-46)52(43-25-13-5-14-26-43)44-27-15-6-16-28-44/h3-38H,1-2H3. The molecule has 0 aliphatic carbocycles. The van der Waals surface area contributed by atoms with Gasteiger partial charge in [0.1, 0.15) is 0 Å². The summed E-state index contributed by atoms with van der Waals surface area (Å²) in [6, 6.07) is 78.7. The normalized spacial score (nSPS) is 10.8. The Bertz CT molecular complexity index is 2280. The average molecular weight is 691 g/mol. The van der Waals surface area contributed by atoms with E-state index in [-0.39, 0.29) is 0 Å². The third kappa shape index (κ3) is 7.16. The lowest BCUT2D eigenvalue weighted by Gasteiger charge is -2.21. The number of hydrogen-bond acceptors (Lipinski definition) is 0. The minimum Gasteiger partial charge on any atom is -0.0622 e. The Labute approximate surface area is 320 Å². The van der Waals surface area contributed by atoms with E-state index in [0.717, 1.165) is 0 Å². The topological polar surface area (TPSA) is 0 Å². The van der Waals surface area contributed by atoms with Crippen LogP contribution in [-0.4, -0.2) is 0 Å². The second-order valence-electron chi connectivity index (χ2n) is 13.8.